The minimum absolute atomic E-state index is 0.116. The molecule has 0 saturated heterocycles. The lowest BCUT2D eigenvalue weighted by Crippen LogP contribution is -2.14. The first-order chi connectivity index (χ1) is 10.2. The molecule has 0 aliphatic carbocycles. The molecular weight excluding hydrogens is 328 g/mol. The van der Waals surface area contributed by atoms with Crippen molar-refractivity contribution < 1.29 is 0 Å². The molecule has 0 atom stereocenters. The minimum atomic E-state index is -0.116. The first kappa shape index (κ1) is 13.8. The van der Waals surface area contributed by atoms with Crippen LogP contribution in [-0.2, 0) is 0 Å². The highest BCUT2D eigenvalue weighted by molar-refractivity contribution is 9.10. The fourth-order valence-electron chi connectivity index (χ4n) is 2.19. The van der Waals surface area contributed by atoms with Gasteiger partial charge in [-0.05, 0) is 13.0 Å². The van der Waals surface area contributed by atoms with Gasteiger partial charge >= 0.3 is 0 Å². The molecular formula is C17H13BrN2O. The Morgan fingerprint density at radius 1 is 1.00 bits per heavy atom. The Morgan fingerprint density at radius 2 is 1.67 bits per heavy atom. The summed E-state index contributed by atoms with van der Waals surface area (Å²) in [5, 5.41) is 0. The molecule has 0 spiro atoms. The lowest BCUT2D eigenvalue weighted by atomic mass is 10.1. The smallest absolute Gasteiger partial charge is 0.254 e. The van der Waals surface area contributed by atoms with E-state index in [0.29, 0.717) is 17.1 Å². The van der Waals surface area contributed by atoms with Crippen molar-refractivity contribution in [3.8, 4) is 22.6 Å². The number of nitrogens with zero attached hydrogens (tertiary/aromatic N) is 1. The molecule has 0 unspecified atom stereocenters. The van der Waals surface area contributed by atoms with Crippen LogP contribution in [0.15, 0.2) is 63.9 Å². The van der Waals surface area contributed by atoms with Crippen LogP contribution in [-0.4, -0.2) is 9.97 Å². The van der Waals surface area contributed by atoms with Gasteiger partial charge in [-0.3, -0.25) is 4.79 Å². The standard InChI is InChI=1S/C17H13BrN2O/c1-11-15(12-7-3-2-4-8-12)19-16(20-17(11)21)13-9-5-6-10-14(13)18/h2-10H,1H3,(H,19,20,21). The van der Waals surface area contributed by atoms with Crippen LogP contribution >= 0.6 is 15.9 Å². The molecule has 0 amide bonds. The molecule has 0 bridgehead atoms. The highest BCUT2D eigenvalue weighted by Crippen LogP contribution is 2.27. The van der Waals surface area contributed by atoms with E-state index in [9.17, 15) is 4.79 Å². The van der Waals surface area contributed by atoms with E-state index in [4.69, 9.17) is 0 Å². The lowest BCUT2D eigenvalue weighted by molar-refractivity contribution is 1.09. The minimum Gasteiger partial charge on any atom is -0.306 e. The van der Waals surface area contributed by atoms with Gasteiger partial charge in [0.2, 0.25) is 0 Å². The van der Waals surface area contributed by atoms with Crippen LogP contribution in [0, 0.1) is 6.92 Å². The van der Waals surface area contributed by atoms with Gasteiger partial charge in [-0.25, -0.2) is 4.98 Å². The molecule has 0 radical (unpaired) electrons. The topological polar surface area (TPSA) is 45.8 Å². The van der Waals surface area contributed by atoms with Gasteiger partial charge in [0.25, 0.3) is 5.56 Å². The molecule has 0 aliphatic heterocycles. The Kier molecular flexibility index (Phi) is 3.71. The first-order valence-corrected chi connectivity index (χ1v) is 7.37. The van der Waals surface area contributed by atoms with Crippen molar-refractivity contribution in [2.24, 2.45) is 0 Å². The molecule has 0 fully saturated rings. The van der Waals surface area contributed by atoms with E-state index >= 15 is 0 Å². The molecule has 3 nitrogen and oxygen atoms in total. The van der Waals surface area contributed by atoms with Crippen molar-refractivity contribution in [1.82, 2.24) is 9.97 Å². The molecule has 1 heterocycles. The van der Waals surface area contributed by atoms with E-state index in [0.717, 1.165) is 15.6 Å². The number of H-pyrrole nitrogens is 1. The lowest BCUT2D eigenvalue weighted by Gasteiger charge is -2.09. The number of hydrogen-bond donors (Lipinski definition) is 1. The molecule has 1 aromatic heterocycles. The third-order valence-electron chi connectivity index (χ3n) is 3.33. The number of benzene rings is 2. The maximum absolute atomic E-state index is 12.2. The molecule has 3 aromatic rings. The zero-order chi connectivity index (χ0) is 14.8. The van der Waals surface area contributed by atoms with E-state index in [1.165, 1.54) is 0 Å². The second-order valence-corrected chi connectivity index (χ2v) is 5.59. The van der Waals surface area contributed by atoms with E-state index in [1.807, 2.05) is 54.6 Å². The molecule has 4 heteroatoms. The Hall–Kier alpha value is -2.20. The Bertz CT molecular complexity index is 841. The normalized spacial score (nSPS) is 10.6. The van der Waals surface area contributed by atoms with Crippen LogP contribution in [0.4, 0.5) is 0 Å². The van der Waals surface area contributed by atoms with Crippen molar-refractivity contribution in [3.05, 3.63) is 75.0 Å². The second-order valence-electron chi connectivity index (χ2n) is 4.73. The highest BCUT2D eigenvalue weighted by Gasteiger charge is 2.12. The highest BCUT2D eigenvalue weighted by atomic mass is 79.9. The van der Waals surface area contributed by atoms with Gasteiger partial charge in [-0.15, -0.1) is 0 Å². The quantitative estimate of drug-likeness (QED) is 0.760. The van der Waals surface area contributed by atoms with Crippen LogP contribution in [0.3, 0.4) is 0 Å². The average molecular weight is 341 g/mol. The molecule has 104 valence electrons. The average Bonchev–Trinajstić information content (AvgIpc) is 2.51. The van der Waals surface area contributed by atoms with Crippen molar-refractivity contribution in [3.63, 3.8) is 0 Å². The second kappa shape index (κ2) is 5.66. The number of nitrogens with one attached hydrogen (secondary N) is 1. The summed E-state index contributed by atoms with van der Waals surface area (Å²) in [6, 6.07) is 17.4. The van der Waals surface area contributed by atoms with Gasteiger partial charge in [0, 0.05) is 21.2 Å². The molecule has 2 aromatic carbocycles. The van der Waals surface area contributed by atoms with Gasteiger partial charge in [0.1, 0.15) is 5.82 Å². The number of aromatic nitrogens is 2. The van der Waals surface area contributed by atoms with Gasteiger partial charge in [-0.2, -0.15) is 0 Å². The predicted molar refractivity (Wildman–Crippen MR) is 88.2 cm³/mol. The van der Waals surface area contributed by atoms with Crippen LogP contribution < -0.4 is 5.56 Å². The summed E-state index contributed by atoms with van der Waals surface area (Å²) in [5.74, 6) is 0.567. The maximum Gasteiger partial charge on any atom is 0.254 e. The molecule has 0 saturated carbocycles. The molecule has 1 N–H and O–H groups in total. The summed E-state index contributed by atoms with van der Waals surface area (Å²) in [6.07, 6.45) is 0. The Morgan fingerprint density at radius 3 is 2.38 bits per heavy atom. The van der Waals surface area contributed by atoms with Crippen LogP contribution in [0.1, 0.15) is 5.56 Å². The van der Waals surface area contributed by atoms with Gasteiger partial charge < -0.3 is 4.98 Å². The number of rotatable bonds is 2. The molecule has 0 aliphatic rings. The van der Waals surface area contributed by atoms with Crippen LogP contribution in [0.2, 0.25) is 0 Å². The van der Waals surface area contributed by atoms with Crippen LogP contribution in [0.25, 0.3) is 22.6 Å². The van der Waals surface area contributed by atoms with Gasteiger partial charge in [0.05, 0.1) is 5.69 Å². The summed E-state index contributed by atoms with van der Waals surface area (Å²) in [4.78, 5) is 19.7. The SMILES string of the molecule is Cc1c(-c2ccccc2)nc(-c2ccccc2Br)[nH]c1=O. The fourth-order valence-corrected chi connectivity index (χ4v) is 2.66. The first-order valence-electron chi connectivity index (χ1n) is 6.58. The van der Waals surface area contributed by atoms with E-state index < -0.39 is 0 Å². The van der Waals surface area contributed by atoms with Crippen molar-refractivity contribution >= 4 is 15.9 Å². The third-order valence-corrected chi connectivity index (χ3v) is 4.02. The number of aromatic amines is 1. The van der Waals surface area contributed by atoms with E-state index in [1.54, 1.807) is 6.92 Å². The fraction of sp³-hybridized carbons (Fsp3) is 0.0588. The van der Waals surface area contributed by atoms with Crippen molar-refractivity contribution in [2.75, 3.05) is 0 Å². The predicted octanol–water partition coefficient (Wildman–Crippen LogP) is 4.17. The van der Waals surface area contributed by atoms with Crippen molar-refractivity contribution in [1.29, 1.82) is 0 Å². The Balaban J connectivity index is 2.24. The summed E-state index contributed by atoms with van der Waals surface area (Å²) < 4.78 is 0.899. The summed E-state index contributed by atoms with van der Waals surface area (Å²) in [5.41, 5.74) is 3.03. The van der Waals surface area contributed by atoms with Gasteiger partial charge in [-0.1, -0.05) is 64.5 Å². The maximum atomic E-state index is 12.2. The Labute approximate surface area is 130 Å². The monoisotopic (exact) mass is 340 g/mol. The van der Waals surface area contributed by atoms with Gasteiger partial charge in [0.15, 0.2) is 0 Å². The number of halogens is 1. The zero-order valence-electron chi connectivity index (χ0n) is 11.4. The molecule has 3 rings (SSSR count). The van der Waals surface area contributed by atoms with Crippen LogP contribution in [0.5, 0.6) is 0 Å². The van der Waals surface area contributed by atoms with Crippen molar-refractivity contribution in [2.45, 2.75) is 6.92 Å². The summed E-state index contributed by atoms with van der Waals surface area (Å²) >= 11 is 3.49. The third kappa shape index (κ3) is 2.67. The number of hydrogen-bond acceptors (Lipinski definition) is 2. The van der Waals surface area contributed by atoms with E-state index in [2.05, 4.69) is 25.9 Å². The zero-order valence-corrected chi connectivity index (χ0v) is 13.0. The molecule has 21 heavy (non-hydrogen) atoms. The summed E-state index contributed by atoms with van der Waals surface area (Å²) in [6.45, 7) is 1.79. The summed E-state index contributed by atoms with van der Waals surface area (Å²) in [7, 11) is 0. The van der Waals surface area contributed by atoms with E-state index in [-0.39, 0.29) is 5.56 Å². The largest absolute Gasteiger partial charge is 0.306 e.